The first-order valence-corrected chi connectivity index (χ1v) is 6.23. The summed E-state index contributed by atoms with van der Waals surface area (Å²) in [5, 5.41) is 9.52. The summed E-state index contributed by atoms with van der Waals surface area (Å²) in [5.41, 5.74) is 0. The predicted octanol–water partition coefficient (Wildman–Crippen LogP) is 0.819. The van der Waals surface area contributed by atoms with E-state index in [1.807, 2.05) is 14.1 Å². The van der Waals surface area contributed by atoms with E-state index >= 15 is 0 Å². The van der Waals surface area contributed by atoms with Gasteiger partial charge in [-0.3, -0.25) is 9.89 Å². The first kappa shape index (κ1) is 14.6. The largest absolute Gasteiger partial charge is 0.345 e. The van der Waals surface area contributed by atoms with Gasteiger partial charge in [0.2, 0.25) is 5.82 Å². The first-order valence-electron chi connectivity index (χ1n) is 6.23. The third kappa shape index (κ3) is 4.83. The molecular formula is C12H23N5O. The van der Waals surface area contributed by atoms with Gasteiger partial charge in [-0.1, -0.05) is 13.8 Å². The Morgan fingerprint density at radius 2 is 2.11 bits per heavy atom. The minimum absolute atomic E-state index is 0.117. The predicted molar refractivity (Wildman–Crippen MR) is 70.4 cm³/mol. The second-order valence-electron chi connectivity index (χ2n) is 5.31. The number of aromatic amines is 1. The smallest absolute Gasteiger partial charge is 0.291 e. The average molecular weight is 253 g/mol. The van der Waals surface area contributed by atoms with Crippen molar-refractivity contribution in [1.82, 2.24) is 25.4 Å². The number of carbonyl (C=O) groups excluding carboxylic acids is 1. The van der Waals surface area contributed by atoms with Crippen LogP contribution in [0, 0.1) is 12.8 Å². The first-order chi connectivity index (χ1) is 8.38. The van der Waals surface area contributed by atoms with E-state index < -0.39 is 0 Å². The Labute approximate surface area is 108 Å². The van der Waals surface area contributed by atoms with Crippen LogP contribution in [0.2, 0.25) is 0 Å². The molecule has 0 spiro atoms. The zero-order valence-electron chi connectivity index (χ0n) is 11.8. The van der Waals surface area contributed by atoms with E-state index in [1.165, 1.54) is 0 Å². The lowest BCUT2D eigenvalue weighted by molar-refractivity contribution is 0.0914. The Morgan fingerprint density at radius 1 is 1.44 bits per heavy atom. The van der Waals surface area contributed by atoms with Crippen LogP contribution in [0.5, 0.6) is 0 Å². The molecule has 0 fully saturated rings. The van der Waals surface area contributed by atoms with Crippen LogP contribution in [-0.4, -0.2) is 52.7 Å². The number of amides is 1. The maximum atomic E-state index is 12.0. The number of H-pyrrole nitrogens is 1. The summed E-state index contributed by atoms with van der Waals surface area (Å²) >= 11 is 0. The van der Waals surface area contributed by atoms with E-state index in [1.54, 1.807) is 6.92 Å². The van der Waals surface area contributed by atoms with E-state index in [4.69, 9.17) is 0 Å². The molecule has 1 aromatic rings. The van der Waals surface area contributed by atoms with Crippen LogP contribution in [0.3, 0.4) is 0 Å². The van der Waals surface area contributed by atoms with Crippen LogP contribution in [0.4, 0.5) is 0 Å². The van der Waals surface area contributed by atoms with Gasteiger partial charge >= 0.3 is 0 Å². The van der Waals surface area contributed by atoms with Gasteiger partial charge in [0, 0.05) is 12.6 Å². The summed E-state index contributed by atoms with van der Waals surface area (Å²) in [7, 11) is 3.99. The molecule has 0 bridgehead atoms. The van der Waals surface area contributed by atoms with Gasteiger partial charge in [0.25, 0.3) is 5.91 Å². The van der Waals surface area contributed by atoms with Gasteiger partial charge in [-0.05, 0) is 33.4 Å². The molecule has 0 aliphatic heterocycles. The lowest BCUT2D eigenvalue weighted by Gasteiger charge is -2.23. The Morgan fingerprint density at radius 3 is 2.56 bits per heavy atom. The van der Waals surface area contributed by atoms with E-state index in [0.29, 0.717) is 11.7 Å². The molecule has 0 saturated heterocycles. The third-order valence-electron chi connectivity index (χ3n) is 2.48. The molecule has 0 aromatic carbocycles. The number of carbonyl (C=O) groups is 1. The van der Waals surface area contributed by atoms with Crippen molar-refractivity contribution in [2.45, 2.75) is 33.2 Å². The summed E-state index contributed by atoms with van der Waals surface area (Å²) in [6, 6.07) is 0.117. The molecule has 1 rings (SSSR count). The molecule has 0 saturated carbocycles. The minimum Gasteiger partial charge on any atom is -0.345 e. The summed E-state index contributed by atoms with van der Waals surface area (Å²) in [5.74, 6) is 1.17. The number of aromatic nitrogens is 3. The Balaban J connectivity index is 2.61. The van der Waals surface area contributed by atoms with Crippen LogP contribution >= 0.6 is 0 Å². The summed E-state index contributed by atoms with van der Waals surface area (Å²) in [6.45, 7) is 6.88. The molecule has 1 amide bonds. The van der Waals surface area contributed by atoms with Gasteiger partial charge in [-0.15, -0.1) is 5.10 Å². The lowest BCUT2D eigenvalue weighted by atomic mass is 10.0. The fraction of sp³-hybridized carbons (Fsp3) is 0.750. The average Bonchev–Trinajstić information content (AvgIpc) is 2.62. The topological polar surface area (TPSA) is 73.9 Å². The van der Waals surface area contributed by atoms with Crippen LogP contribution in [-0.2, 0) is 0 Å². The van der Waals surface area contributed by atoms with Crippen molar-refractivity contribution in [2.75, 3.05) is 20.6 Å². The second kappa shape index (κ2) is 6.49. The number of rotatable bonds is 6. The molecule has 6 heteroatoms. The highest BCUT2D eigenvalue weighted by Gasteiger charge is 2.18. The maximum Gasteiger partial charge on any atom is 0.291 e. The number of nitrogens with zero attached hydrogens (tertiary/aromatic N) is 3. The molecule has 0 aliphatic rings. The molecular weight excluding hydrogens is 230 g/mol. The highest BCUT2D eigenvalue weighted by atomic mass is 16.2. The SMILES string of the molecule is Cc1nc(C(=O)NC(CC(C)C)CN(C)C)n[nH]1. The van der Waals surface area contributed by atoms with Crippen molar-refractivity contribution >= 4 is 5.91 Å². The monoisotopic (exact) mass is 253 g/mol. The van der Waals surface area contributed by atoms with Gasteiger partial charge in [0.15, 0.2) is 0 Å². The summed E-state index contributed by atoms with van der Waals surface area (Å²) in [4.78, 5) is 18.1. The van der Waals surface area contributed by atoms with Gasteiger partial charge in [0.05, 0.1) is 0 Å². The molecule has 102 valence electrons. The fourth-order valence-electron chi connectivity index (χ4n) is 1.88. The van der Waals surface area contributed by atoms with Gasteiger partial charge < -0.3 is 10.2 Å². The van der Waals surface area contributed by atoms with Gasteiger partial charge in [-0.25, -0.2) is 4.98 Å². The van der Waals surface area contributed by atoms with Crippen LogP contribution in [0.25, 0.3) is 0 Å². The number of nitrogens with one attached hydrogen (secondary N) is 2. The van der Waals surface area contributed by atoms with Crippen molar-refractivity contribution in [3.8, 4) is 0 Å². The number of hydrogen-bond donors (Lipinski definition) is 2. The second-order valence-corrected chi connectivity index (χ2v) is 5.31. The maximum absolute atomic E-state index is 12.0. The van der Waals surface area contributed by atoms with Crippen molar-refractivity contribution < 1.29 is 4.79 Å². The lowest BCUT2D eigenvalue weighted by Crippen LogP contribution is -2.42. The van der Waals surface area contributed by atoms with Crippen LogP contribution < -0.4 is 5.32 Å². The molecule has 0 aliphatic carbocycles. The van der Waals surface area contributed by atoms with Crippen molar-refractivity contribution in [3.63, 3.8) is 0 Å². The zero-order valence-corrected chi connectivity index (χ0v) is 11.8. The quantitative estimate of drug-likeness (QED) is 0.787. The normalized spacial score (nSPS) is 13.1. The van der Waals surface area contributed by atoms with Crippen molar-refractivity contribution in [2.24, 2.45) is 5.92 Å². The van der Waals surface area contributed by atoms with Gasteiger partial charge in [0.1, 0.15) is 5.82 Å². The van der Waals surface area contributed by atoms with E-state index in [0.717, 1.165) is 13.0 Å². The van der Waals surface area contributed by atoms with Crippen molar-refractivity contribution in [1.29, 1.82) is 0 Å². The third-order valence-corrected chi connectivity index (χ3v) is 2.48. The molecule has 2 N–H and O–H groups in total. The number of hydrogen-bond acceptors (Lipinski definition) is 4. The number of aryl methyl sites for hydroxylation is 1. The Hall–Kier alpha value is -1.43. The highest BCUT2D eigenvalue weighted by Crippen LogP contribution is 2.06. The summed E-state index contributed by atoms with van der Waals surface area (Å²) in [6.07, 6.45) is 0.938. The standard InChI is InChI=1S/C12H23N5O/c1-8(2)6-10(7-17(4)5)14-12(18)11-13-9(3)15-16-11/h8,10H,6-7H2,1-5H3,(H,14,18)(H,13,15,16). The van der Waals surface area contributed by atoms with Crippen molar-refractivity contribution in [3.05, 3.63) is 11.6 Å². The van der Waals surface area contributed by atoms with E-state index in [-0.39, 0.29) is 17.8 Å². The molecule has 18 heavy (non-hydrogen) atoms. The van der Waals surface area contributed by atoms with Crippen LogP contribution in [0.1, 0.15) is 36.7 Å². The van der Waals surface area contributed by atoms with Gasteiger partial charge in [-0.2, -0.15) is 0 Å². The van der Waals surface area contributed by atoms with E-state index in [9.17, 15) is 4.79 Å². The minimum atomic E-state index is -0.216. The van der Waals surface area contributed by atoms with Crippen LogP contribution in [0.15, 0.2) is 0 Å². The molecule has 6 nitrogen and oxygen atoms in total. The molecule has 1 heterocycles. The zero-order chi connectivity index (χ0) is 13.7. The molecule has 1 unspecified atom stereocenters. The summed E-state index contributed by atoms with van der Waals surface area (Å²) < 4.78 is 0. The fourth-order valence-corrected chi connectivity index (χ4v) is 1.88. The Kier molecular flexibility index (Phi) is 5.27. The highest BCUT2D eigenvalue weighted by molar-refractivity contribution is 5.90. The Bertz CT molecular complexity index is 376. The number of likely N-dealkylation sites (N-methyl/N-ethyl adjacent to an activating group) is 1. The molecule has 1 aromatic heterocycles. The molecule has 0 radical (unpaired) electrons. The van der Waals surface area contributed by atoms with E-state index in [2.05, 4.69) is 39.2 Å². The molecule has 1 atom stereocenters.